The summed E-state index contributed by atoms with van der Waals surface area (Å²) in [5.41, 5.74) is 0.617. The SMILES string of the molecule is COC(=O)CN1C=C2C=C(OCc3ccc(C(F)(F)F)cc3)CC(=O)C2C1. The van der Waals surface area contributed by atoms with Crippen LogP contribution in [0, 0.1) is 5.92 Å². The van der Waals surface area contributed by atoms with Crippen molar-refractivity contribution >= 4 is 11.8 Å². The number of alkyl halides is 3. The number of methoxy groups -OCH3 is 1. The normalized spacial score (nSPS) is 19.3. The van der Waals surface area contributed by atoms with E-state index in [1.807, 2.05) is 0 Å². The molecule has 0 bridgehead atoms. The summed E-state index contributed by atoms with van der Waals surface area (Å²) in [5.74, 6) is -0.241. The Morgan fingerprint density at radius 3 is 2.59 bits per heavy atom. The summed E-state index contributed by atoms with van der Waals surface area (Å²) in [6.45, 7) is 0.562. The topological polar surface area (TPSA) is 55.8 Å². The van der Waals surface area contributed by atoms with Crippen molar-refractivity contribution in [1.29, 1.82) is 0 Å². The minimum absolute atomic E-state index is 0.0152. The first-order chi connectivity index (χ1) is 12.8. The van der Waals surface area contributed by atoms with E-state index in [-0.39, 0.29) is 37.2 Å². The zero-order valence-electron chi connectivity index (χ0n) is 14.6. The molecule has 1 aliphatic heterocycles. The van der Waals surface area contributed by atoms with Gasteiger partial charge in [0, 0.05) is 12.7 Å². The Morgan fingerprint density at radius 1 is 1.26 bits per heavy atom. The van der Waals surface area contributed by atoms with E-state index in [9.17, 15) is 22.8 Å². The maximum atomic E-state index is 12.6. The van der Waals surface area contributed by atoms with E-state index in [0.29, 0.717) is 17.9 Å². The molecule has 0 radical (unpaired) electrons. The van der Waals surface area contributed by atoms with Gasteiger partial charge in [0.05, 0.1) is 25.0 Å². The van der Waals surface area contributed by atoms with Crippen molar-refractivity contribution < 1.29 is 32.2 Å². The minimum Gasteiger partial charge on any atom is -0.493 e. The molecule has 27 heavy (non-hydrogen) atoms. The van der Waals surface area contributed by atoms with Crippen molar-refractivity contribution in [2.75, 3.05) is 20.2 Å². The highest BCUT2D eigenvalue weighted by Crippen LogP contribution is 2.32. The van der Waals surface area contributed by atoms with Gasteiger partial charge in [0.2, 0.25) is 0 Å². The summed E-state index contributed by atoms with van der Waals surface area (Å²) >= 11 is 0. The maximum absolute atomic E-state index is 12.6. The van der Waals surface area contributed by atoms with Gasteiger partial charge in [0.25, 0.3) is 0 Å². The van der Waals surface area contributed by atoms with Crippen molar-refractivity contribution in [3.63, 3.8) is 0 Å². The van der Waals surface area contributed by atoms with Crippen LogP contribution in [-0.4, -0.2) is 36.9 Å². The quantitative estimate of drug-likeness (QED) is 0.734. The number of benzene rings is 1. The van der Waals surface area contributed by atoms with Crippen molar-refractivity contribution in [2.24, 2.45) is 5.92 Å². The Hall–Kier alpha value is -2.77. The average Bonchev–Trinajstić information content (AvgIpc) is 3.02. The van der Waals surface area contributed by atoms with Crippen molar-refractivity contribution in [3.05, 3.63) is 59.0 Å². The van der Waals surface area contributed by atoms with Crippen LogP contribution in [-0.2, 0) is 31.8 Å². The van der Waals surface area contributed by atoms with Gasteiger partial charge < -0.3 is 14.4 Å². The Bertz CT molecular complexity index is 796. The van der Waals surface area contributed by atoms with Crippen LogP contribution in [0.5, 0.6) is 0 Å². The van der Waals surface area contributed by atoms with Crippen molar-refractivity contribution in [2.45, 2.75) is 19.2 Å². The fourth-order valence-electron chi connectivity index (χ4n) is 3.05. The third-order valence-electron chi connectivity index (χ3n) is 4.48. The first-order valence-electron chi connectivity index (χ1n) is 8.31. The van der Waals surface area contributed by atoms with Crippen molar-refractivity contribution in [1.82, 2.24) is 4.90 Å². The van der Waals surface area contributed by atoms with E-state index in [1.54, 1.807) is 17.2 Å². The van der Waals surface area contributed by atoms with E-state index in [0.717, 1.165) is 17.7 Å². The summed E-state index contributed by atoms with van der Waals surface area (Å²) < 4.78 is 48.0. The monoisotopic (exact) mass is 381 g/mol. The van der Waals surface area contributed by atoms with Gasteiger partial charge in [0.15, 0.2) is 0 Å². The Labute approximate surface area is 154 Å². The number of hydrogen-bond acceptors (Lipinski definition) is 5. The molecule has 0 saturated heterocycles. The van der Waals surface area contributed by atoms with Gasteiger partial charge in [-0.25, -0.2) is 0 Å². The molecule has 3 rings (SSSR count). The second-order valence-corrected chi connectivity index (χ2v) is 6.42. The molecule has 0 aromatic heterocycles. The van der Waals surface area contributed by atoms with Crippen LogP contribution in [0.2, 0.25) is 0 Å². The maximum Gasteiger partial charge on any atom is 0.416 e. The Morgan fingerprint density at radius 2 is 1.96 bits per heavy atom. The molecule has 1 aliphatic carbocycles. The minimum atomic E-state index is -4.38. The second kappa shape index (κ2) is 7.46. The highest BCUT2D eigenvalue weighted by atomic mass is 19.4. The molecule has 1 atom stereocenters. The molecule has 1 unspecified atom stereocenters. The van der Waals surface area contributed by atoms with E-state index in [2.05, 4.69) is 4.74 Å². The first kappa shape index (κ1) is 19.0. The predicted molar refractivity (Wildman–Crippen MR) is 89.1 cm³/mol. The molecule has 1 aromatic rings. The number of allylic oxidation sites excluding steroid dienone is 2. The van der Waals surface area contributed by atoms with E-state index in [1.165, 1.54) is 19.2 Å². The average molecular weight is 381 g/mol. The number of nitrogens with zero attached hydrogens (tertiary/aromatic N) is 1. The fourth-order valence-corrected chi connectivity index (χ4v) is 3.05. The molecule has 0 spiro atoms. The van der Waals surface area contributed by atoms with E-state index in [4.69, 9.17) is 4.74 Å². The molecule has 1 heterocycles. The molecule has 144 valence electrons. The molecule has 0 amide bonds. The molecular formula is C19H18F3NO4. The number of esters is 1. The van der Waals surface area contributed by atoms with Gasteiger partial charge in [-0.05, 0) is 29.3 Å². The van der Waals surface area contributed by atoms with Crippen LogP contribution >= 0.6 is 0 Å². The molecule has 5 nitrogen and oxygen atoms in total. The largest absolute Gasteiger partial charge is 0.493 e. The number of hydrogen-bond donors (Lipinski definition) is 0. The zero-order valence-corrected chi connectivity index (χ0v) is 14.6. The van der Waals surface area contributed by atoms with Gasteiger partial charge in [-0.2, -0.15) is 13.2 Å². The van der Waals surface area contributed by atoms with E-state index >= 15 is 0 Å². The van der Waals surface area contributed by atoms with Gasteiger partial charge >= 0.3 is 12.1 Å². The van der Waals surface area contributed by atoms with E-state index < -0.39 is 11.7 Å². The number of ether oxygens (including phenoxy) is 2. The highest BCUT2D eigenvalue weighted by molar-refractivity contribution is 5.89. The van der Waals surface area contributed by atoms with Gasteiger partial charge in [-0.3, -0.25) is 9.59 Å². The number of rotatable bonds is 5. The Kier molecular flexibility index (Phi) is 5.25. The molecule has 2 aliphatic rings. The van der Waals surface area contributed by atoms with Crippen LogP contribution in [0.25, 0.3) is 0 Å². The highest BCUT2D eigenvalue weighted by Gasteiger charge is 2.34. The smallest absolute Gasteiger partial charge is 0.416 e. The lowest BCUT2D eigenvalue weighted by molar-refractivity contribution is -0.141. The molecule has 8 heteroatoms. The van der Waals surface area contributed by atoms with Gasteiger partial charge in [0.1, 0.15) is 24.7 Å². The lowest BCUT2D eigenvalue weighted by Gasteiger charge is -2.20. The van der Waals surface area contributed by atoms with Gasteiger partial charge in [-0.15, -0.1) is 0 Å². The number of ketones is 1. The molecule has 0 N–H and O–H groups in total. The van der Waals surface area contributed by atoms with Crippen LogP contribution in [0.1, 0.15) is 17.5 Å². The third-order valence-corrected chi connectivity index (χ3v) is 4.48. The van der Waals surface area contributed by atoms with Crippen LogP contribution in [0.15, 0.2) is 47.9 Å². The summed E-state index contributed by atoms with van der Waals surface area (Å²) in [6, 6.07) is 4.70. The molecule has 1 aromatic carbocycles. The van der Waals surface area contributed by atoms with Crippen LogP contribution < -0.4 is 0 Å². The molecular weight excluding hydrogens is 363 g/mol. The zero-order chi connectivity index (χ0) is 19.6. The number of carbonyl (C=O) groups excluding carboxylic acids is 2. The fraction of sp³-hybridized carbons (Fsp3) is 0.368. The standard InChI is InChI=1S/C19H18F3NO4/c1-26-18(25)10-23-8-13-6-15(7-17(24)16(13)9-23)27-11-12-2-4-14(5-3-12)19(20,21)22/h2-6,8,16H,7,9-11H2,1H3. The summed E-state index contributed by atoms with van der Waals surface area (Å²) in [7, 11) is 1.30. The first-order valence-corrected chi connectivity index (χ1v) is 8.31. The lowest BCUT2D eigenvalue weighted by atomic mass is 9.89. The summed E-state index contributed by atoms with van der Waals surface area (Å²) in [4.78, 5) is 25.4. The second-order valence-electron chi connectivity index (χ2n) is 6.42. The van der Waals surface area contributed by atoms with Crippen LogP contribution in [0.3, 0.4) is 0 Å². The lowest BCUT2D eigenvalue weighted by Crippen LogP contribution is -2.30. The van der Waals surface area contributed by atoms with Crippen molar-refractivity contribution in [3.8, 4) is 0 Å². The number of halogens is 3. The van der Waals surface area contributed by atoms with Gasteiger partial charge in [-0.1, -0.05) is 12.1 Å². The predicted octanol–water partition coefficient (Wildman–Crippen LogP) is 3.07. The van der Waals surface area contributed by atoms with Crippen LogP contribution in [0.4, 0.5) is 13.2 Å². The third kappa shape index (κ3) is 4.50. The Balaban J connectivity index is 1.64. The number of Topliss-reactive ketones (excluding diaryl/α,β-unsaturated/α-hetero) is 1. The summed E-state index contributed by atoms with van der Waals surface area (Å²) in [6.07, 6.45) is -0.764. The molecule has 0 saturated carbocycles. The number of fused-ring (bicyclic) bond motifs is 1. The molecule has 0 fully saturated rings. The summed E-state index contributed by atoms with van der Waals surface area (Å²) in [5, 5.41) is 0. The number of carbonyl (C=O) groups is 2.